The van der Waals surface area contributed by atoms with Gasteiger partial charge in [-0.1, -0.05) is 27.2 Å². The van der Waals surface area contributed by atoms with E-state index in [2.05, 4.69) is 57.3 Å². The third-order valence-electron chi connectivity index (χ3n) is 4.55. The minimum absolute atomic E-state index is 0.290. The van der Waals surface area contributed by atoms with Crippen molar-refractivity contribution in [2.24, 2.45) is 0 Å². The number of aryl methyl sites for hydroxylation is 2. The molecule has 4 heterocycles. The van der Waals surface area contributed by atoms with Crippen molar-refractivity contribution in [1.82, 2.24) is 34.3 Å². The standard InChI is InChI=1S/C17H24N8/c1-4-5-12-8-15(25-17(21-12)18-10-19-25)20-13-6-7-14-22-16(11(2)3)23-24(14)9-13/h8,10-11,13,20H,4-7,9H2,1-3H3/t13-/m0/s1. The lowest BCUT2D eigenvalue weighted by Gasteiger charge is -2.24. The molecular weight excluding hydrogens is 316 g/mol. The molecule has 0 spiro atoms. The van der Waals surface area contributed by atoms with E-state index in [0.29, 0.717) is 17.7 Å². The largest absolute Gasteiger partial charge is 0.365 e. The molecule has 1 N–H and O–H groups in total. The van der Waals surface area contributed by atoms with Crippen molar-refractivity contribution in [3.8, 4) is 0 Å². The van der Waals surface area contributed by atoms with Crippen LogP contribution in [0.15, 0.2) is 12.4 Å². The Morgan fingerprint density at radius 2 is 2.20 bits per heavy atom. The summed E-state index contributed by atoms with van der Waals surface area (Å²) in [6.07, 6.45) is 5.51. The molecule has 25 heavy (non-hydrogen) atoms. The summed E-state index contributed by atoms with van der Waals surface area (Å²) in [4.78, 5) is 13.5. The van der Waals surface area contributed by atoms with Gasteiger partial charge < -0.3 is 5.32 Å². The lowest BCUT2D eigenvalue weighted by Crippen LogP contribution is -2.32. The van der Waals surface area contributed by atoms with Gasteiger partial charge in [0.25, 0.3) is 5.78 Å². The molecule has 132 valence electrons. The first-order chi connectivity index (χ1) is 12.1. The first kappa shape index (κ1) is 16.0. The van der Waals surface area contributed by atoms with E-state index in [1.165, 1.54) is 0 Å². The quantitative estimate of drug-likeness (QED) is 0.766. The average Bonchev–Trinajstić information content (AvgIpc) is 3.21. The highest BCUT2D eigenvalue weighted by molar-refractivity contribution is 5.45. The fraction of sp³-hybridized carbons (Fsp3) is 0.588. The molecule has 8 nitrogen and oxygen atoms in total. The molecule has 1 aliphatic heterocycles. The maximum atomic E-state index is 4.66. The highest BCUT2D eigenvalue weighted by atomic mass is 15.4. The lowest BCUT2D eigenvalue weighted by atomic mass is 10.1. The molecule has 3 aromatic rings. The van der Waals surface area contributed by atoms with E-state index in [9.17, 15) is 0 Å². The van der Waals surface area contributed by atoms with Crippen LogP contribution < -0.4 is 5.32 Å². The van der Waals surface area contributed by atoms with Crippen molar-refractivity contribution < 1.29 is 0 Å². The van der Waals surface area contributed by atoms with Crippen LogP contribution in [-0.4, -0.2) is 40.4 Å². The second kappa shape index (κ2) is 6.42. The monoisotopic (exact) mass is 340 g/mol. The SMILES string of the molecule is CCCc1cc(N[C@H]2CCc3nc(C(C)C)nn3C2)n2ncnc2n1. The highest BCUT2D eigenvalue weighted by Crippen LogP contribution is 2.20. The molecule has 0 saturated heterocycles. The zero-order valence-corrected chi connectivity index (χ0v) is 15.0. The maximum Gasteiger partial charge on any atom is 0.254 e. The van der Waals surface area contributed by atoms with Gasteiger partial charge in [0.1, 0.15) is 18.0 Å². The molecule has 1 aliphatic rings. The number of fused-ring (bicyclic) bond motifs is 2. The van der Waals surface area contributed by atoms with E-state index in [-0.39, 0.29) is 0 Å². The van der Waals surface area contributed by atoms with Gasteiger partial charge in [-0.15, -0.1) is 0 Å². The van der Waals surface area contributed by atoms with Gasteiger partial charge in [0.2, 0.25) is 0 Å². The second-order valence-electron chi connectivity index (χ2n) is 6.96. The minimum Gasteiger partial charge on any atom is -0.365 e. The molecule has 0 radical (unpaired) electrons. The lowest BCUT2D eigenvalue weighted by molar-refractivity contribution is 0.438. The molecule has 0 fully saturated rings. The Morgan fingerprint density at radius 1 is 1.32 bits per heavy atom. The van der Waals surface area contributed by atoms with Crippen molar-refractivity contribution >= 4 is 11.6 Å². The Hall–Kier alpha value is -2.51. The summed E-state index contributed by atoms with van der Waals surface area (Å²) in [5, 5.41) is 12.6. The van der Waals surface area contributed by atoms with Gasteiger partial charge in [-0.05, 0) is 12.8 Å². The van der Waals surface area contributed by atoms with Crippen LogP contribution in [0.2, 0.25) is 0 Å². The topological polar surface area (TPSA) is 85.8 Å². The molecule has 4 rings (SSSR count). The van der Waals surface area contributed by atoms with Gasteiger partial charge in [0.05, 0.1) is 6.54 Å². The summed E-state index contributed by atoms with van der Waals surface area (Å²) in [7, 11) is 0. The van der Waals surface area contributed by atoms with Crippen molar-refractivity contribution in [2.75, 3.05) is 5.32 Å². The van der Waals surface area contributed by atoms with E-state index >= 15 is 0 Å². The van der Waals surface area contributed by atoms with Crippen LogP contribution in [0.5, 0.6) is 0 Å². The molecule has 1 atom stereocenters. The molecule has 0 unspecified atom stereocenters. The number of aromatic nitrogens is 7. The zero-order valence-electron chi connectivity index (χ0n) is 15.0. The summed E-state index contributed by atoms with van der Waals surface area (Å²) < 4.78 is 3.82. The smallest absolute Gasteiger partial charge is 0.254 e. The van der Waals surface area contributed by atoms with Crippen LogP contribution in [0.25, 0.3) is 5.78 Å². The predicted octanol–water partition coefficient (Wildman–Crippen LogP) is 2.22. The summed E-state index contributed by atoms with van der Waals surface area (Å²) in [5.41, 5.74) is 1.05. The number of hydrogen-bond acceptors (Lipinski definition) is 6. The summed E-state index contributed by atoms with van der Waals surface area (Å²) in [6.45, 7) is 7.23. The first-order valence-electron chi connectivity index (χ1n) is 9.04. The summed E-state index contributed by atoms with van der Waals surface area (Å²) in [5.74, 6) is 3.98. The van der Waals surface area contributed by atoms with Crippen molar-refractivity contribution in [3.05, 3.63) is 29.7 Å². The molecule has 0 bridgehead atoms. The first-order valence-corrected chi connectivity index (χ1v) is 9.04. The van der Waals surface area contributed by atoms with Crippen molar-refractivity contribution in [2.45, 2.75) is 65.0 Å². The fourth-order valence-electron chi connectivity index (χ4n) is 3.25. The van der Waals surface area contributed by atoms with Gasteiger partial charge in [-0.2, -0.15) is 19.7 Å². The van der Waals surface area contributed by atoms with Crippen molar-refractivity contribution in [1.29, 1.82) is 0 Å². The Morgan fingerprint density at radius 3 is 3.00 bits per heavy atom. The molecule has 8 heteroatoms. The van der Waals surface area contributed by atoms with E-state index in [0.717, 1.165) is 55.4 Å². The third-order valence-corrected chi connectivity index (χ3v) is 4.55. The normalized spacial score (nSPS) is 17.2. The van der Waals surface area contributed by atoms with Crippen LogP contribution in [-0.2, 0) is 19.4 Å². The van der Waals surface area contributed by atoms with Gasteiger partial charge in [0.15, 0.2) is 5.82 Å². The Kier molecular flexibility index (Phi) is 4.10. The van der Waals surface area contributed by atoms with Crippen LogP contribution in [0.1, 0.15) is 56.9 Å². The van der Waals surface area contributed by atoms with Crippen LogP contribution in [0, 0.1) is 0 Å². The molecule has 3 aromatic heterocycles. The number of rotatable bonds is 5. The second-order valence-corrected chi connectivity index (χ2v) is 6.96. The summed E-state index contributed by atoms with van der Waals surface area (Å²) in [6, 6.07) is 2.38. The van der Waals surface area contributed by atoms with Gasteiger partial charge >= 0.3 is 0 Å². The highest BCUT2D eigenvalue weighted by Gasteiger charge is 2.23. The van der Waals surface area contributed by atoms with Gasteiger partial charge in [-0.3, -0.25) is 0 Å². The van der Waals surface area contributed by atoms with E-state index < -0.39 is 0 Å². The van der Waals surface area contributed by atoms with Crippen LogP contribution in [0.3, 0.4) is 0 Å². The molecule has 0 amide bonds. The number of anilines is 1. The number of hydrogen-bond donors (Lipinski definition) is 1. The predicted molar refractivity (Wildman–Crippen MR) is 94.6 cm³/mol. The van der Waals surface area contributed by atoms with E-state index in [1.807, 2.05) is 4.68 Å². The van der Waals surface area contributed by atoms with Crippen LogP contribution >= 0.6 is 0 Å². The third kappa shape index (κ3) is 3.08. The average molecular weight is 340 g/mol. The summed E-state index contributed by atoms with van der Waals surface area (Å²) >= 11 is 0. The number of nitrogens with one attached hydrogen (secondary N) is 1. The molecular formula is C17H24N8. The molecule has 0 aliphatic carbocycles. The number of nitrogens with zero attached hydrogens (tertiary/aromatic N) is 7. The Labute approximate surface area is 146 Å². The van der Waals surface area contributed by atoms with E-state index in [1.54, 1.807) is 10.8 Å². The Bertz CT molecular complexity index is 878. The van der Waals surface area contributed by atoms with E-state index in [4.69, 9.17) is 0 Å². The fourth-order valence-corrected chi connectivity index (χ4v) is 3.25. The Balaban J connectivity index is 1.58. The van der Waals surface area contributed by atoms with Gasteiger partial charge in [-0.25, -0.2) is 14.6 Å². The zero-order chi connectivity index (χ0) is 17.4. The maximum absolute atomic E-state index is 4.66. The van der Waals surface area contributed by atoms with Crippen LogP contribution in [0.4, 0.5) is 5.82 Å². The molecule has 0 aromatic carbocycles. The van der Waals surface area contributed by atoms with Gasteiger partial charge in [0, 0.05) is 30.1 Å². The molecule has 0 saturated carbocycles. The van der Waals surface area contributed by atoms with Crippen molar-refractivity contribution in [3.63, 3.8) is 0 Å². The minimum atomic E-state index is 0.290.